The molecule has 1 heterocycles. The number of carbonyl (C=O) groups excluding carboxylic acids is 2. The molecule has 0 unspecified atom stereocenters. The van der Waals surface area contributed by atoms with Gasteiger partial charge in [0.1, 0.15) is 11.3 Å². The highest BCUT2D eigenvalue weighted by atomic mass is 16.7. The van der Waals surface area contributed by atoms with Crippen molar-refractivity contribution >= 4 is 22.6 Å². The van der Waals surface area contributed by atoms with Crippen LogP contribution in [0.5, 0.6) is 17.2 Å². The van der Waals surface area contributed by atoms with E-state index >= 15 is 0 Å². The number of nitrogens with one attached hydrogen (secondary N) is 1. The lowest BCUT2D eigenvalue weighted by atomic mass is 10.1. The quantitative estimate of drug-likeness (QED) is 0.646. The fourth-order valence-electron chi connectivity index (χ4n) is 3.15. The van der Waals surface area contributed by atoms with Crippen LogP contribution in [0.4, 0.5) is 0 Å². The van der Waals surface area contributed by atoms with Crippen molar-refractivity contribution in [3.8, 4) is 17.2 Å². The first-order valence-electron chi connectivity index (χ1n) is 9.09. The Morgan fingerprint density at radius 1 is 1.07 bits per heavy atom. The van der Waals surface area contributed by atoms with Crippen LogP contribution in [0, 0.1) is 0 Å². The lowest BCUT2D eigenvalue weighted by molar-refractivity contribution is -0.124. The van der Waals surface area contributed by atoms with Crippen molar-refractivity contribution < 1.29 is 28.9 Å². The van der Waals surface area contributed by atoms with E-state index in [-0.39, 0.29) is 24.1 Å². The predicted molar refractivity (Wildman–Crippen MR) is 105 cm³/mol. The minimum atomic E-state index is -0.765. The van der Waals surface area contributed by atoms with Gasteiger partial charge in [-0.15, -0.1) is 0 Å². The molecule has 1 atom stereocenters. The Kier molecular flexibility index (Phi) is 4.95. The summed E-state index contributed by atoms with van der Waals surface area (Å²) < 4.78 is 15.7. The Labute approximate surface area is 166 Å². The zero-order valence-corrected chi connectivity index (χ0v) is 15.7. The van der Waals surface area contributed by atoms with Crippen LogP contribution in [0.1, 0.15) is 28.9 Å². The minimum absolute atomic E-state index is 0.0142. The maximum Gasteiger partial charge on any atom is 0.342 e. The third kappa shape index (κ3) is 3.94. The van der Waals surface area contributed by atoms with Gasteiger partial charge in [0.25, 0.3) is 5.91 Å². The zero-order chi connectivity index (χ0) is 20.4. The number of ether oxygens (including phenoxy) is 3. The second kappa shape index (κ2) is 7.71. The second-order valence-corrected chi connectivity index (χ2v) is 6.69. The van der Waals surface area contributed by atoms with Gasteiger partial charge in [0, 0.05) is 0 Å². The lowest BCUT2D eigenvalue weighted by Crippen LogP contribution is -2.31. The summed E-state index contributed by atoms with van der Waals surface area (Å²) in [5, 5.41) is 14.4. The van der Waals surface area contributed by atoms with Crippen LogP contribution >= 0.6 is 0 Å². The van der Waals surface area contributed by atoms with Crippen LogP contribution in [-0.2, 0) is 9.53 Å². The van der Waals surface area contributed by atoms with Crippen LogP contribution in [0.3, 0.4) is 0 Å². The molecule has 3 aromatic rings. The molecule has 0 saturated carbocycles. The fourth-order valence-corrected chi connectivity index (χ4v) is 3.15. The Bertz CT molecular complexity index is 1090. The molecule has 1 amide bonds. The molecule has 7 nitrogen and oxygen atoms in total. The molecule has 0 spiro atoms. The van der Waals surface area contributed by atoms with Gasteiger partial charge >= 0.3 is 5.97 Å². The van der Waals surface area contributed by atoms with Crippen LogP contribution in [-0.4, -0.2) is 30.4 Å². The third-order valence-electron chi connectivity index (χ3n) is 4.69. The molecule has 7 heteroatoms. The zero-order valence-electron chi connectivity index (χ0n) is 15.7. The van der Waals surface area contributed by atoms with Crippen molar-refractivity contribution in [2.75, 3.05) is 13.4 Å². The van der Waals surface area contributed by atoms with Gasteiger partial charge in [0.15, 0.2) is 18.1 Å². The molecule has 0 aromatic heterocycles. The normalized spacial score (nSPS) is 13.1. The first kappa shape index (κ1) is 18.6. The van der Waals surface area contributed by atoms with E-state index in [0.717, 1.165) is 16.3 Å². The highest BCUT2D eigenvalue weighted by Crippen LogP contribution is 2.34. The summed E-state index contributed by atoms with van der Waals surface area (Å²) in [5.74, 6) is -0.121. The molecule has 1 aliphatic rings. The predicted octanol–water partition coefficient (Wildman–Crippen LogP) is 3.31. The van der Waals surface area contributed by atoms with Crippen molar-refractivity contribution in [3.05, 3.63) is 65.7 Å². The molecule has 0 bridgehead atoms. The van der Waals surface area contributed by atoms with Gasteiger partial charge in [0.2, 0.25) is 6.79 Å². The number of phenols is 1. The number of hydrogen-bond acceptors (Lipinski definition) is 6. The average Bonchev–Trinajstić information content (AvgIpc) is 3.19. The molecular formula is C22H19NO6. The van der Waals surface area contributed by atoms with E-state index in [0.29, 0.717) is 11.5 Å². The fraction of sp³-hybridized carbons (Fsp3) is 0.182. The van der Waals surface area contributed by atoms with Gasteiger partial charge in [-0.2, -0.15) is 0 Å². The van der Waals surface area contributed by atoms with Gasteiger partial charge in [-0.25, -0.2) is 4.79 Å². The minimum Gasteiger partial charge on any atom is -0.507 e. The van der Waals surface area contributed by atoms with E-state index in [1.807, 2.05) is 37.3 Å². The number of esters is 1. The summed E-state index contributed by atoms with van der Waals surface area (Å²) >= 11 is 0. The maximum atomic E-state index is 12.3. The molecule has 29 heavy (non-hydrogen) atoms. The standard InChI is InChI=1S/C22H19NO6/c1-13(14-6-7-19-20(10-14)29-12-28-19)23-21(25)11-27-22(26)17-8-15-4-2-3-5-16(15)9-18(17)24/h2-10,13,24H,11-12H2,1H3,(H,23,25)/t13-/m1/s1. The average molecular weight is 393 g/mol. The Hall–Kier alpha value is -3.74. The Morgan fingerprint density at radius 2 is 1.79 bits per heavy atom. The van der Waals surface area contributed by atoms with Gasteiger partial charge in [-0.05, 0) is 47.5 Å². The molecule has 3 aromatic carbocycles. The third-order valence-corrected chi connectivity index (χ3v) is 4.69. The number of fused-ring (bicyclic) bond motifs is 2. The largest absolute Gasteiger partial charge is 0.507 e. The molecule has 148 valence electrons. The molecule has 0 fully saturated rings. The number of amides is 1. The summed E-state index contributed by atoms with van der Waals surface area (Å²) in [6.45, 7) is 1.53. The van der Waals surface area contributed by atoms with Gasteiger partial charge in [-0.1, -0.05) is 30.3 Å². The van der Waals surface area contributed by atoms with E-state index in [1.54, 1.807) is 18.2 Å². The molecule has 0 saturated heterocycles. The first-order valence-corrected chi connectivity index (χ1v) is 9.09. The van der Waals surface area contributed by atoms with Gasteiger partial charge in [0.05, 0.1) is 6.04 Å². The smallest absolute Gasteiger partial charge is 0.342 e. The number of rotatable bonds is 5. The summed E-state index contributed by atoms with van der Waals surface area (Å²) in [5.41, 5.74) is 0.849. The van der Waals surface area contributed by atoms with Crippen LogP contribution in [0.2, 0.25) is 0 Å². The highest BCUT2D eigenvalue weighted by molar-refractivity contribution is 5.99. The highest BCUT2D eigenvalue weighted by Gasteiger charge is 2.19. The number of aromatic hydroxyl groups is 1. The van der Waals surface area contributed by atoms with E-state index in [9.17, 15) is 14.7 Å². The SMILES string of the molecule is C[C@@H](NC(=O)COC(=O)c1cc2ccccc2cc1O)c1ccc2c(c1)OCO2. The number of benzene rings is 3. The number of carbonyl (C=O) groups is 2. The number of hydrogen-bond donors (Lipinski definition) is 2. The topological polar surface area (TPSA) is 94.1 Å². The monoisotopic (exact) mass is 393 g/mol. The Morgan fingerprint density at radius 3 is 2.59 bits per heavy atom. The van der Waals surface area contributed by atoms with E-state index in [1.165, 1.54) is 6.07 Å². The van der Waals surface area contributed by atoms with Crippen molar-refractivity contribution in [1.29, 1.82) is 0 Å². The van der Waals surface area contributed by atoms with Gasteiger partial charge in [-0.3, -0.25) is 4.79 Å². The van der Waals surface area contributed by atoms with Crippen LogP contribution in [0.15, 0.2) is 54.6 Å². The van der Waals surface area contributed by atoms with Crippen molar-refractivity contribution in [1.82, 2.24) is 5.32 Å². The van der Waals surface area contributed by atoms with Crippen LogP contribution in [0.25, 0.3) is 10.8 Å². The first-order chi connectivity index (χ1) is 14.0. The second-order valence-electron chi connectivity index (χ2n) is 6.69. The van der Waals surface area contributed by atoms with Crippen molar-refractivity contribution in [2.45, 2.75) is 13.0 Å². The molecular weight excluding hydrogens is 374 g/mol. The lowest BCUT2D eigenvalue weighted by Gasteiger charge is -2.15. The summed E-state index contributed by atoms with van der Waals surface area (Å²) in [6.07, 6.45) is 0. The number of phenolic OH excluding ortho intramolecular Hbond substituents is 1. The summed E-state index contributed by atoms with van der Waals surface area (Å²) in [6, 6.07) is 15.5. The van der Waals surface area contributed by atoms with E-state index in [4.69, 9.17) is 14.2 Å². The maximum absolute atomic E-state index is 12.3. The van der Waals surface area contributed by atoms with Crippen molar-refractivity contribution in [2.24, 2.45) is 0 Å². The van der Waals surface area contributed by atoms with Crippen molar-refractivity contribution in [3.63, 3.8) is 0 Å². The summed E-state index contributed by atoms with van der Waals surface area (Å²) in [7, 11) is 0. The molecule has 0 radical (unpaired) electrons. The Balaban J connectivity index is 1.37. The van der Waals surface area contributed by atoms with Crippen LogP contribution < -0.4 is 14.8 Å². The van der Waals surface area contributed by atoms with E-state index in [2.05, 4.69) is 5.32 Å². The molecule has 2 N–H and O–H groups in total. The molecule has 0 aliphatic carbocycles. The summed E-state index contributed by atoms with van der Waals surface area (Å²) in [4.78, 5) is 24.5. The molecule has 4 rings (SSSR count). The van der Waals surface area contributed by atoms with E-state index < -0.39 is 18.5 Å². The molecule has 1 aliphatic heterocycles. The van der Waals surface area contributed by atoms with Gasteiger partial charge < -0.3 is 24.6 Å².